The normalized spacial score (nSPS) is 12.2. The van der Waals surface area contributed by atoms with Crippen LogP contribution in [0.25, 0.3) is 0 Å². The molecule has 1 aromatic rings. The predicted molar refractivity (Wildman–Crippen MR) is 75.5 cm³/mol. The summed E-state index contributed by atoms with van der Waals surface area (Å²) in [5.74, 6) is 0.138. The van der Waals surface area contributed by atoms with Crippen LogP contribution in [0.1, 0.15) is 30.9 Å². The lowest BCUT2D eigenvalue weighted by atomic mass is 10.1. The van der Waals surface area contributed by atoms with E-state index in [0.29, 0.717) is 11.2 Å². The van der Waals surface area contributed by atoms with Crippen molar-refractivity contribution in [2.45, 2.75) is 37.9 Å². The first kappa shape index (κ1) is 14.2. The third-order valence-electron chi connectivity index (χ3n) is 2.63. The lowest BCUT2D eigenvalue weighted by Crippen LogP contribution is -2.25. The van der Waals surface area contributed by atoms with Gasteiger partial charge in [-0.1, -0.05) is 52.7 Å². The lowest BCUT2D eigenvalue weighted by Gasteiger charge is -2.06. The highest BCUT2D eigenvalue weighted by molar-refractivity contribution is 9.09. The Morgan fingerprint density at radius 2 is 2.00 bits per heavy atom. The van der Waals surface area contributed by atoms with Gasteiger partial charge in [0.15, 0.2) is 0 Å². The molecule has 1 rings (SSSR count). The van der Waals surface area contributed by atoms with Crippen LogP contribution in [0.3, 0.4) is 0 Å². The second-order valence-corrected chi connectivity index (χ2v) is 5.97. The molecule has 1 unspecified atom stereocenters. The minimum Gasteiger partial charge on any atom is -0.356 e. The van der Waals surface area contributed by atoms with Crippen LogP contribution < -0.4 is 5.32 Å². The number of halogens is 1. The number of alkyl halides is 1. The SMILES string of the molecule is Cc1ccc(CCC(=O)NCCC(C)Br)cc1. The summed E-state index contributed by atoms with van der Waals surface area (Å²) in [6.45, 7) is 4.90. The molecule has 1 aromatic carbocycles. The summed E-state index contributed by atoms with van der Waals surface area (Å²) in [6, 6.07) is 8.34. The molecule has 0 saturated heterocycles. The molecule has 0 fully saturated rings. The van der Waals surface area contributed by atoms with Crippen LogP contribution in [0.4, 0.5) is 0 Å². The fourth-order valence-electron chi connectivity index (χ4n) is 1.51. The van der Waals surface area contributed by atoms with Gasteiger partial charge >= 0.3 is 0 Å². The first-order chi connectivity index (χ1) is 8.08. The van der Waals surface area contributed by atoms with E-state index < -0.39 is 0 Å². The van der Waals surface area contributed by atoms with E-state index in [9.17, 15) is 4.79 Å². The first-order valence-corrected chi connectivity index (χ1v) is 6.96. The molecule has 0 heterocycles. The highest BCUT2D eigenvalue weighted by Crippen LogP contribution is 2.06. The number of rotatable bonds is 6. The van der Waals surface area contributed by atoms with Crippen molar-refractivity contribution < 1.29 is 4.79 Å². The maximum Gasteiger partial charge on any atom is 0.220 e. The van der Waals surface area contributed by atoms with Crippen LogP contribution in [0.5, 0.6) is 0 Å². The minimum absolute atomic E-state index is 0.138. The Labute approximate surface area is 112 Å². The molecule has 0 spiro atoms. The molecular weight excluding hydrogens is 278 g/mol. The van der Waals surface area contributed by atoms with Crippen LogP contribution in [0.15, 0.2) is 24.3 Å². The van der Waals surface area contributed by atoms with Crippen LogP contribution in [0, 0.1) is 6.92 Å². The fourth-order valence-corrected chi connectivity index (χ4v) is 1.74. The molecule has 94 valence electrons. The maximum absolute atomic E-state index is 11.5. The van der Waals surface area contributed by atoms with Crippen molar-refractivity contribution in [3.63, 3.8) is 0 Å². The van der Waals surface area contributed by atoms with Gasteiger partial charge in [-0.25, -0.2) is 0 Å². The molecule has 0 aliphatic heterocycles. The summed E-state index contributed by atoms with van der Waals surface area (Å²) in [5.41, 5.74) is 2.48. The van der Waals surface area contributed by atoms with Crippen molar-refractivity contribution in [2.75, 3.05) is 6.54 Å². The molecule has 1 atom stereocenters. The largest absolute Gasteiger partial charge is 0.356 e. The summed E-state index contributed by atoms with van der Waals surface area (Å²) in [7, 11) is 0. The molecule has 0 saturated carbocycles. The smallest absolute Gasteiger partial charge is 0.220 e. The van der Waals surface area contributed by atoms with E-state index in [1.165, 1.54) is 11.1 Å². The molecule has 0 radical (unpaired) electrons. The van der Waals surface area contributed by atoms with Gasteiger partial charge in [-0.15, -0.1) is 0 Å². The van der Waals surface area contributed by atoms with Crippen LogP contribution >= 0.6 is 15.9 Å². The molecule has 1 N–H and O–H groups in total. The van der Waals surface area contributed by atoms with Gasteiger partial charge in [0.1, 0.15) is 0 Å². The second-order valence-electron chi connectivity index (χ2n) is 4.40. The van der Waals surface area contributed by atoms with Crippen molar-refractivity contribution in [1.29, 1.82) is 0 Å². The third kappa shape index (κ3) is 6.47. The minimum atomic E-state index is 0.138. The van der Waals surface area contributed by atoms with Crippen LogP contribution in [-0.2, 0) is 11.2 Å². The molecule has 0 aromatic heterocycles. The van der Waals surface area contributed by atoms with Crippen molar-refractivity contribution in [3.8, 4) is 0 Å². The summed E-state index contributed by atoms with van der Waals surface area (Å²) < 4.78 is 0. The summed E-state index contributed by atoms with van der Waals surface area (Å²) >= 11 is 3.46. The van der Waals surface area contributed by atoms with Crippen molar-refractivity contribution in [1.82, 2.24) is 5.32 Å². The van der Waals surface area contributed by atoms with Gasteiger partial charge in [0, 0.05) is 17.8 Å². The average Bonchev–Trinajstić information content (AvgIpc) is 2.28. The van der Waals surface area contributed by atoms with Gasteiger partial charge < -0.3 is 5.32 Å². The summed E-state index contributed by atoms with van der Waals surface area (Å²) in [6.07, 6.45) is 2.35. The highest BCUT2D eigenvalue weighted by Gasteiger charge is 2.02. The molecular formula is C14H20BrNO. The third-order valence-corrected chi connectivity index (χ3v) is 3.08. The molecule has 0 aliphatic rings. The quantitative estimate of drug-likeness (QED) is 0.803. The van der Waals surface area contributed by atoms with E-state index >= 15 is 0 Å². The molecule has 1 amide bonds. The van der Waals surface area contributed by atoms with E-state index in [1.807, 2.05) is 0 Å². The number of nitrogens with one attached hydrogen (secondary N) is 1. The average molecular weight is 298 g/mol. The highest BCUT2D eigenvalue weighted by atomic mass is 79.9. The Morgan fingerprint density at radius 1 is 1.35 bits per heavy atom. The maximum atomic E-state index is 11.5. The number of amides is 1. The van der Waals surface area contributed by atoms with Gasteiger partial charge in [0.2, 0.25) is 5.91 Å². The Morgan fingerprint density at radius 3 is 2.59 bits per heavy atom. The number of benzene rings is 1. The zero-order chi connectivity index (χ0) is 12.7. The topological polar surface area (TPSA) is 29.1 Å². The summed E-state index contributed by atoms with van der Waals surface area (Å²) in [5, 5.41) is 2.93. The Hall–Kier alpha value is -0.830. The summed E-state index contributed by atoms with van der Waals surface area (Å²) in [4.78, 5) is 12.0. The van der Waals surface area contributed by atoms with Crippen LogP contribution in [-0.4, -0.2) is 17.3 Å². The van der Waals surface area contributed by atoms with Crippen molar-refractivity contribution >= 4 is 21.8 Å². The van der Waals surface area contributed by atoms with E-state index in [1.54, 1.807) is 0 Å². The van der Waals surface area contributed by atoms with E-state index in [2.05, 4.69) is 59.4 Å². The van der Waals surface area contributed by atoms with E-state index in [4.69, 9.17) is 0 Å². The Bertz CT molecular complexity index is 346. The molecule has 0 bridgehead atoms. The van der Waals surface area contributed by atoms with Gasteiger partial charge in [0.25, 0.3) is 0 Å². The van der Waals surface area contributed by atoms with Gasteiger partial charge in [-0.2, -0.15) is 0 Å². The van der Waals surface area contributed by atoms with Crippen molar-refractivity contribution in [3.05, 3.63) is 35.4 Å². The molecule has 0 aliphatic carbocycles. The zero-order valence-corrected chi connectivity index (χ0v) is 12.1. The monoisotopic (exact) mass is 297 g/mol. The number of carbonyl (C=O) groups excluding carboxylic acids is 1. The lowest BCUT2D eigenvalue weighted by molar-refractivity contribution is -0.121. The Kier molecular flexibility index (Phi) is 6.27. The molecule has 3 heteroatoms. The standard InChI is InChI=1S/C14H20BrNO/c1-11-3-5-13(6-4-11)7-8-14(17)16-10-9-12(2)15/h3-6,12H,7-10H2,1-2H3,(H,16,17). The first-order valence-electron chi connectivity index (χ1n) is 6.04. The van der Waals surface area contributed by atoms with Gasteiger partial charge in [-0.05, 0) is 25.3 Å². The predicted octanol–water partition coefficient (Wildman–Crippen LogP) is 3.22. The van der Waals surface area contributed by atoms with Gasteiger partial charge in [0.05, 0.1) is 0 Å². The number of hydrogen-bond acceptors (Lipinski definition) is 1. The second kappa shape index (κ2) is 7.49. The Balaban J connectivity index is 2.21. The van der Waals surface area contributed by atoms with Gasteiger partial charge in [-0.3, -0.25) is 4.79 Å². The fraction of sp³-hybridized carbons (Fsp3) is 0.500. The zero-order valence-electron chi connectivity index (χ0n) is 10.5. The van der Waals surface area contributed by atoms with E-state index in [0.717, 1.165) is 19.4 Å². The molecule has 17 heavy (non-hydrogen) atoms. The van der Waals surface area contributed by atoms with Crippen LogP contribution in [0.2, 0.25) is 0 Å². The number of carbonyl (C=O) groups is 1. The van der Waals surface area contributed by atoms with E-state index in [-0.39, 0.29) is 5.91 Å². The molecule has 2 nitrogen and oxygen atoms in total. The number of hydrogen-bond donors (Lipinski definition) is 1. The van der Waals surface area contributed by atoms with Crippen molar-refractivity contribution in [2.24, 2.45) is 0 Å². The number of aryl methyl sites for hydroxylation is 2.